The second kappa shape index (κ2) is 7.16. The van der Waals surface area contributed by atoms with E-state index >= 15 is 0 Å². The maximum absolute atomic E-state index is 12.9. The number of carbonyl (C=O) groups excluding carboxylic acids is 1. The van der Waals surface area contributed by atoms with E-state index < -0.39 is 4.92 Å². The minimum Gasteiger partial charge on any atom is -0.451 e. The normalized spacial score (nSPS) is 14.5. The zero-order chi connectivity index (χ0) is 19.8. The smallest absolute Gasteiger partial charge is 0.290 e. The van der Waals surface area contributed by atoms with E-state index in [1.54, 1.807) is 35.2 Å². The van der Waals surface area contributed by atoms with Crippen molar-refractivity contribution in [1.29, 1.82) is 0 Å². The van der Waals surface area contributed by atoms with Gasteiger partial charge in [-0.1, -0.05) is 11.6 Å². The van der Waals surface area contributed by atoms with E-state index in [0.29, 0.717) is 42.5 Å². The Kier molecular flexibility index (Phi) is 4.68. The van der Waals surface area contributed by atoms with Gasteiger partial charge in [-0.3, -0.25) is 14.9 Å². The lowest BCUT2D eigenvalue weighted by atomic mass is 10.1. The molecule has 0 aliphatic carbocycles. The quantitative estimate of drug-likeness (QED) is 0.485. The number of non-ortho nitro benzene ring substituents is 1. The molecule has 1 fully saturated rings. The summed E-state index contributed by atoms with van der Waals surface area (Å²) in [5.41, 5.74) is 2.42. The second-order valence-electron chi connectivity index (χ2n) is 6.75. The van der Waals surface area contributed by atoms with Crippen molar-refractivity contribution in [3.05, 3.63) is 68.9 Å². The van der Waals surface area contributed by atoms with E-state index in [4.69, 9.17) is 16.0 Å². The molecule has 144 valence electrons. The number of furan rings is 1. The molecule has 0 spiro atoms. The van der Waals surface area contributed by atoms with Crippen LogP contribution in [0.4, 0.5) is 11.4 Å². The molecule has 1 aromatic heterocycles. The van der Waals surface area contributed by atoms with Crippen LogP contribution < -0.4 is 4.90 Å². The third-order valence-electron chi connectivity index (χ3n) is 5.09. The number of piperazine rings is 1. The number of benzene rings is 2. The largest absolute Gasteiger partial charge is 0.451 e. The average Bonchev–Trinajstić information content (AvgIpc) is 3.03. The van der Waals surface area contributed by atoms with Crippen molar-refractivity contribution in [1.82, 2.24) is 4.90 Å². The number of fused-ring (bicyclic) bond motifs is 1. The van der Waals surface area contributed by atoms with Crippen LogP contribution in [0.15, 0.2) is 46.9 Å². The van der Waals surface area contributed by atoms with Crippen LogP contribution in [0.3, 0.4) is 0 Å². The highest BCUT2D eigenvalue weighted by Crippen LogP contribution is 2.29. The Balaban J connectivity index is 1.47. The first-order valence-corrected chi connectivity index (χ1v) is 9.29. The Morgan fingerprint density at radius 3 is 2.43 bits per heavy atom. The van der Waals surface area contributed by atoms with Crippen molar-refractivity contribution in [3.8, 4) is 0 Å². The van der Waals surface area contributed by atoms with Gasteiger partial charge in [-0.15, -0.1) is 0 Å². The fraction of sp³-hybridized carbons (Fsp3) is 0.250. The lowest BCUT2D eigenvalue weighted by molar-refractivity contribution is -0.384. The molecule has 0 bridgehead atoms. The number of hydrogen-bond acceptors (Lipinski definition) is 5. The van der Waals surface area contributed by atoms with Crippen LogP contribution in [-0.4, -0.2) is 41.9 Å². The number of nitro benzene ring substituents is 1. The summed E-state index contributed by atoms with van der Waals surface area (Å²) in [5.74, 6) is 0.217. The Labute approximate surface area is 166 Å². The van der Waals surface area contributed by atoms with Gasteiger partial charge in [0, 0.05) is 60.0 Å². The number of amides is 1. The van der Waals surface area contributed by atoms with Crippen LogP contribution in [0.25, 0.3) is 11.0 Å². The topological polar surface area (TPSA) is 79.8 Å². The molecule has 7 nitrogen and oxygen atoms in total. The van der Waals surface area contributed by atoms with Gasteiger partial charge in [-0.05, 0) is 37.3 Å². The standard InChI is InChI=1S/C20H18ClN3O4/c1-13-17-12-14(21)2-7-18(17)28-19(13)20(25)23-10-8-22(9-11-23)15-3-5-16(6-4-15)24(26)27/h2-7,12H,8-11H2,1H3. The van der Waals surface area contributed by atoms with Crippen LogP contribution in [0, 0.1) is 17.0 Å². The molecular formula is C20H18ClN3O4. The van der Waals surface area contributed by atoms with Crippen molar-refractivity contribution in [2.75, 3.05) is 31.1 Å². The first kappa shape index (κ1) is 18.3. The molecular weight excluding hydrogens is 382 g/mol. The van der Waals surface area contributed by atoms with E-state index in [0.717, 1.165) is 16.6 Å². The van der Waals surface area contributed by atoms with E-state index in [1.807, 2.05) is 6.92 Å². The van der Waals surface area contributed by atoms with Crippen LogP contribution in [0.1, 0.15) is 16.1 Å². The molecule has 0 unspecified atom stereocenters. The van der Waals surface area contributed by atoms with Gasteiger partial charge in [-0.2, -0.15) is 0 Å². The summed E-state index contributed by atoms with van der Waals surface area (Å²) in [4.78, 5) is 27.2. The fourth-order valence-electron chi connectivity index (χ4n) is 3.49. The van der Waals surface area contributed by atoms with Crippen molar-refractivity contribution in [2.24, 2.45) is 0 Å². The minimum atomic E-state index is -0.413. The molecule has 0 atom stereocenters. The van der Waals surface area contributed by atoms with E-state index in [1.165, 1.54) is 12.1 Å². The van der Waals surface area contributed by atoms with Crippen molar-refractivity contribution in [3.63, 3.8) is 0 Å². The van der Waals surface area contributed by atoms with Gasteiger partial charge in [0.2, 0.25) is 0 Å². The molecule has 0 radical (unpaired) electrons. The van der Waals surface area contributed by atoms with E-state index in [-0.39, 0.29) is 11.6 Å². The zero-order valence-electron chi connectivity index (χ0n) is 15.2. The summed E-state index contributed by atoms with van der Waals surface area (Å²) in [6.45, 7) is 4.26. The summed E-state index contributed by atoms with van der Waals surface area (Å²) in [7, 11) is 0. The van der Waals surface area contributed by atoms with Gasteiger partial charge in [0.05, 0.1) is 4.92 Å². The molecule has 1 aliphatic heterocycles. The minimum absolute atomic E-state index is 0.0676. The molecule has 2 heterocycles. The van der Waals surface area contributed by atoms with Crippen LogP contribution in [-0.2, 0) is 0 Å². The molecule has 2 aromatic carbocycles. The highest BCUT2D eigenvalue weighted by Gasteiger charge is 2.27. The Morgan fingerprint density at radius 1 is 1.11 bits per heavy atom. The van der Waals surface area contributed by atoms with E-state index in [9.17, 15) is 14.9 Å². The van der Waals surface area contributed by atoms with Gasteiger partial charge in [0.25, 0.3) is 11.6 Å². The number of aryl methyl sites for hydroxylation is 1. The number of nitrogens with zero attached hydrogens (tertiary/aromatic N) is 3. The molecule has 0 saturated carbocycles. The van der Waals surface area contributed by atoms with Crippen molar-refractivity contribution in [2.45, 2.75) is 6.92 Å². The molecule has 3 aromatic rings. The van der Waals surface area contributed by atoms with Gasteiger partial charge in [0.1, 0.15) is 5.58 Å². The van der Waals surface area contributed by atoms with Crippen molar-refractivity contribution >= 4 is 39.9 Å². The third-order valence-corrected chi connectivity index (χ3v) is 5.32. The number of nitro groups is 1. The maximum Gasteiger partial charge on any atom is 0.290 e. The molecule has 1 saturated heterocycles. The first-order chi connectivity index (χ1) is 13.4. The highest BCUT2D eigenvalue weighted by atomic mass is 35.5. The molecule has 28 heavy (non-hydrogen) atoms. The highest BCUT2D eigenvalue weighted by molar-refractivity contribution is 6.31. The van der Waals surface area contributed by atoms with Crippen molar-refractivity contribution < 1.29 is 14.1 Å². The Morgan fingerprint density at radius 2 is 1.79 bits per heavy atom. The molecule has 1 amide bonds. The second-order valence-corrected chi connectivity index (χ2v) is 7.19. The summed E-state index contributed by atoms with van der Waals surface area (Å²) in [5, 5.41) is 12.2. The predicted molar refractivity (Wildman–Crippen MR) is 107 cm³/mol. The van der Waals surface area contributed by atoms with Crippen LogP contribution >= 0.6 is 11.6 Å². The number of carbonyl (C=O) groups is 1. The van der Waals surface area contributed by atoms with E-state index in [2.05, 4.69) is 4.90 Å². The summed E-state index contributed by atoms with van der Waals surface area (Å²) in [6, 6.07) is 11.8. The lowest BCUT2D eigenvalue weighted by Gasteiger charge is -2.35. The number of anilines is 1. The number of hydrogen-bond donors (Lipinski definition) is 0. The number of rotatable bonds is 3. The monoisotopic (exact) mass is 399 g/mol. The summed E-state index contributed by atoms with van der Waals surface area (Å²) in [6.07, 6.45) is 0. The molecule has 1 aliphatic rings. The molecule has 0 N–H and O–H groups in total. The Hall–Kier alpha value is -3.06. The first-order valence-electron chi connectivity index (χ1n) is 8.91. The van der Waals surface area contributed by atoms with Gasteiger partial charge < -0.3 is 14.2 Å². The summed E-state index contributed by atoms with van der Waals surface area (Å²) >= 11 is 6.05. The SMILES string of the molecule is Cc1c(C(=O)N2CCN(c3ccc([N+](=O)[O-])cc3)CC2)oc2ccc(Cl)cc12. The van der Waals surface area contributed by atoms with Crippen LogP contribution in [0.5, 0.6) is 0 Å². The number of halogens is 1. The zero-order valence-corrected chi connectivity index (χ0v) is 16.0. The third kappa shape index (κ3) is 3.29. The van der Waals surface area contributed by atoms with Crippen LogP contribution in [0.2, 0.25) is 5.02 Å². The van der Waals surface area contributed by atoms with Gasteiger partial charge in [-0.25, -0.2) is 0 Å². The average molecular weight is 400 g/mol. The summed E-state index contributed by atoms with van der Waals surface area (Å²) < 4.78 is 5.79. The predicted octanol–water partition coefficient (Wildman–Crippen LogP) is 4.27. The fourth-order valence-corrected chi connectivity index (χ4v) is 3.67. The molecule has 8 heteroatoms. The molecule has 4 rings (SSSR count). The lowest BCUT2D eigenvalue weighted by Crippen LogP contribution is -2.48. The van der Waals surface area contributed by atoms with Gasteiger partial charge in [0.15, 0.2) is 5.76 Å². The van der Waals surface area contributed by atoms with Gasteiger partial charge >= 0.3 is 0 Å². The maximum atomic E-state index is 12.9. The Bertz CT molecular complexity index is 1050.